The molecule has 0 aliphatic carbocycles. The lowest BCUT2D eigenvalue weighted by molar-refractivity contribution is -0.387. The van der Waals surface area contributed by atoms with E-state index in [9.17, 15) is 23.3 Å². The Morgan fingerprint density at radius 1 is 1.13 bits per heavy atom. The van der Waals surface area contributed by atoms with Gasteiger partial charge in [0, 0.05) is 35.8 Å². The van der Waals surface area contributed by atoms with Crippen LogP contribution < -0.4 is 4.90 Å². The van der Waals surface area contributed by atoms with E-state index in [1.807, 2.05) is 0 Å². The second kappa shape index (κ2) is 7.86. The first kappa shape index (κ1) is 20.6. The molecule has 11 heteroatoms. The van der Waals surface area contributed by atoms with Crippen molar-refractivity contribution in [2.75, 3.05) is 18.0 Å². The van der Waals surface area contributed by atoms with Gasteiger partial charge >= 0.3 is 6.09 Å². The van der Waals surface area contributed by atoms with Crippen molar-refractivity contribution in [3.05, 3.63) is 63.2 Å². The molecule has 1 amide bonds. The first-order chi connectivity index (χ1) is 14.3. The molecule has 0 unspecified atom stereocenters. The van der Waals surface area contributed by atoms with Gasteiger partial charge < -0.3 is 4.74 Å². The fraction of sp³-hybridized carbons (Fsp3) is 0.316. The molecule has 0 aromatic heterocycles. The van der Waals surface area contributed by atoms with Crippen molar-refractivity contribution in [1.82, 2.24) is 4.31 Å². The van der Waals surface area contributed by atoms with E-state index in [1.54, 1.807) is 23.1 Å². The number of nitrogens with zero attached hydrogens (tertiary/aromatic N) is 3. The monoisotopic (exact) mass is 451 g/mol. The third kappa shape index (κ3) is 3.62. The number of hydrogen-bond acceptors (Lipinski definition) is 6. The second-order valence-electron chi connectivity index (χ2n) is 7.06. The number of rotatable bonds is 4. The first-order valence-corrected chi connectivity index (χ1v) is 11.1. The summed E-state index contributed by atoms with van der Waals surface area (Å²) in [7, 11) is -4.03. The number of amides is 1. The number of carbonyl (C=O) groups excluding carboxylic acids is 1. The average Bonchev–Trinajstić information content (AvgIpc) is 2.74. The minimum absolute atomic E-state index is 0.131. The van der Waals surface area contributed by atoms with Gasteiger partial charge in [0.05, 0.1) is 10.6 Å². The molecule has 9 nitrogen and oxygen atoms in total. The lowest BCUT2D eigenvalue weighted by Gasteiger charge is -2.39. The predicted molar refractivity (Wildman–Crippen MR) is 109 cm³/mol. The Hall–Kier alpha value is -2.69. The van der Waals surface area contributed by atoms with Gasteiger partial charge in [-0.05, 0) is 37.1 Å². The minimum Gasteiger partial charge on any atom is -0.444 e. The van der Waals surface area contributed by atoms with Gasteiger partial charge in [-0.2, -0.15) is 4.31 Å². The number of nitro groups is 1. The number of benzene rings is 2. The van der Waals surface area contributed by atoms with Crippen LogP contribution in [0.1, 0.15) is 18.4 Å². The lowest BCUT2D eigenvalue weighted by atomic mass is 10.0. The Balaban J connectivity index is 1.55. The van der Waals surface area contributed by atoms with Gasteiger partial charge in [-0.25, -0.2) is 13.2 Å². The second-order valence-corrected chi connectivity index (χ2v) is 9.40. The number of cyclic esters (lactones) is 1. The zero-order valence-corrected chi connectivity index (χ0v) is 17.3. The van der Waals surface area contributed by atoms with E-state index in [4.69, 9.17) is 16.3 Å². The van der Waals surface area contributed by atoms with Crippen LogP contribution in [0, 0.1) is 10.1 Å². The van der Waals surface area contributed by atoms with E-state index in [2.05, 4.69) is 0 Å². The van der Waals surface area contributed by atoms with Crippen LogP contribution in [-0.2, 0) is 21.4 Å². The molecule has 0 N–H and O–H groups in total. The van der Waals surface area contributed by atoms with Gasteiger partial charge in [0.15, 0.2) is 4.90 Å². The predicted octanol–water partition coefficient (Wildman–Crippen LogP) is 3.56. The summed E-state index contributed by atoms with van der Waals surface area (Å²) in [5.41, 5.74) is 1.04. The van der Waals surface area contributed by atoms with Crippen LogP contribution >= 0.6 is 11.6 Å². The van der Waals surface area contributed by atoms with Crippen molar-refractivity contribution >= 4 is 39.1 Å². The number of anilines is 1. The Bertz CT molecular complexity index is 1120. The van der Waals surface area contributed by atoms with Gasteiger partial charge in [0.1, 0.15) is 6.61 Å². The molecule has 0 radical (unpaired) electrons. The summed E-state index contributed by atoms with van der Waals surface area (Å²) in [6, 6.07) is 10.2. The number of sulfonamides is 1. The number of carbonyl (C=O) groups is 1. The number of nitro benzene ring substituents is 1. The molecule has 1 saturated heterocycles. The molecule has 30 heavy (non-hydrogen) atoms. The molecular weight excluding hydrogens is 434 g/mol. The summed E-state index contributed by atoms with van der Waals surface area (Å²) in [5.74, 6) is 0. The molecular formula is C19H18ClN3O6S. The number of ether oxygens (including phenoxy) is 1. The van der Waals surface area contributed by atoms with Crippen LogP contribution in [0.4, 0.5) is 16.2 Å². The topological polar surface area (TPSA) is 110 Å². The number of fused-ring (bicyclic) bond motifs is 1. The zero-order chi connectivity index (χ0) is 21.5. The summed E-state index contributed by atoms with van der Waals surface area (Å²) >= 11 is 6.03. The van der Waals surface area contributed by atoms with Gasteiger partial charge in [0.2, 0.25) is 10.0 Å². The van der Waals surface area contributed by atoms with E-state index in [-0.39, 0.29) is 30.6 Å². The van der Waals surface area contributed by atoms with E-state index in [0.717, 1.165) is 5.56 Å². The highest BCUT2D eigenvalue weighted by Crippen LogP contribution is 2.35. The van der Waals surface area contributed by atoms with Gasteiger partial charge in [0.25, 0.3) is 5.69 Å². The third-order valence-corrected chi connectivity index (χ3v) is 7.50. The van der Waals surface area contributed by atoms with E-state index >= 15 is 0 Å². The Kier molecular flexibility index (Phi) is 5.39. The molecule has 0 saturated carbocycles. The van der Waals surface area contributed by atoms with Gasteiger partial charge in [-0.3, -0.25) is 15.0 Å². The zero-order valence-electron chi connectivity index (χ0n) is 15.7. The van der Waals surface area contributed by atoms with Crippen LogP contribution in [0.15, 0.2) is 47.4 Å². The minimum atomic E-state index is -4.03. The van der Waals surface area contributed by atoms with E-state index in [0.29, 0.717) is 23.6 Å². The summed E-state index contributed by atoms with van der Waals surface area (Å²) in [6.45, 7) is 0.396. The maximum absolute atomic E-state index is 13.0. The highest BCUT2D eigenvalue weighted by Gasteiger charge is 2.38. The van der Waals surface area contributed by atoms with Crippen LogP contribution in [0.3, 0.4) is 0 Å². The first-order valence-electron chi connectivity index (χ1n) is 9.27. The van der Waals surface area contributed by atoms with E-state index in [1.165, 1.54) is 28.6 Å². The quantitative estimate of drug-likeness (QED) is 0.519. The van der Waals surface area contributed by atoms with Crippen molar-refractivity contribution < 1.29 is 22.9 Å². The van der Waals surface area contributed by atoms with Crippen molar-refractivity contribution in [1.29, 1.82) is 0 Å². The highest BCUT2D eigenvalue weighted by atomic mass is 35.5. The number of para-hydroxylation sites is 1. The fourth-order valence-corrected chi connectivity index (χ4v) is 5.69. The fourth-order valence-electron chi connectivity index (χ4n) is 3.86. The van der Waals surface area contributed by atoms with Crippen LogP contribution in [0.2, 0.25) is 5.02 Å². The Morgan fingerprint density at radius 2 is 1.83 bits per heavy atom. The van der Waals surface area contributed by atoms with Gasteiger partial charge in [-0.1, -0.05) is 23.7 Å². The molecule has 0 bridgehead atoms. The summed E-state index contributed by atoms with van der Waals surface area (Å²) in [5, 5.41) is 11.8. The molecule has 2 aromatic rings. The highest BCUT2D eigenvalue weighted by molar-refractivity contribution is 7.89. The van der Waals surface area contributed by atoms with E-state index < -0.39 is 26.7 Å². The van der Waals surface area contributed by atoms with Crippen molar-refractivity contribution in [3.8, 4) is 0 Å². The van der Waals surface area contributed by atoms with Gasteiger partial charge in [-0.15, -0.1) is 0 Å². The normalized spacial score (nSPS) is 18.0. The lowest BCUT2D eigenvalue weighted by Crippen LogP contribution is -2.50. The maximum atomic E-state index is 13.0. The third-order valence-electron chi connectivity index (χ3n) is 5.32. The smallest absolute Gasteiger partial charge is 0.414 e. The summed E-state index contributed by atoms with van der Waals surface area (Å²) in [6.07, 6.45) is 0.262. The molecule has 0 atom stereocenters. The molecule has 158 valence electrons. The summed E-state index contributed by atoms with van der Waals surface area (Å²) < 4.78 is 32.5. The van der Waals surface area contributed by atoms with Crippen LogP contribution in [-0.4, -0.2) is 42.9 Å². The van der Waals surface area contributed by atoms with Crippen LogP contribution in [0.5, 0.6) is 0 Å². The molecule has 2 aliphatic heterocycles. The number of piperidine rings is 1. The standard InChI is InChI=1S/C19H18ClN3O6S/c20-14-5-6-16-13(11-14)12-29-19(24)22(16)15-7-9-21(10-8-15)30(27,28)18-4-2-1-3-17(18)23(25)26/h1-6,11,15H,7-10,12H2. The number of hydrogen-bond donors (Lipinski definition) is 0. The molecule has 4 rings (SSSR count). The Morgan fingerprint density at radius 3 is 2.53 bits per heavy atom. The van der Waals surface area contributed by atoms with Crippen molar-refractivity contribution in [3.63, 3.8) is 0 Å². The molecule has 2 aromatic carbocycles. The molecule has 1 fully saturated rings. The maximum Gasteiger partial charge on any atom is 0.414 e. The van der Waals surface area contributed by atoms with Crippen LogP contribution in [0.25, 0.3) is 0 Å². The SMILES string of the molecule is O=C1OCc2cc(Cl)ccc2N1C1CCN(S(=O)(=O)c2ccccc2[N+](=O)[O-])CC1. The van der Waals surface area contributed by atoms with Crippen molar-refractivity contribution in [2.45, 2.75) is 30.4 Å². The summed E-state index contributed by atoms with van der Waals surface area (Å²) in [4.78, 5) is 24.2. The molecule has 2 aliphatic rings. The largest absolute Gasteiger partial charge is 0.444 e. The molecule has 2 heterocycles. The molecule has 0 spiro atoms. The average molecular weight is 452 g/mol. The number of halogens is 1. The van der Waals surface area contributed by atoms with Crippen molar-refractivity contribution in [2.24, 2.45) is 0 Å². The Labute approximate surface area is 178 Å².